The molecule has 0 saturated heterocycles. The highest BCUT2D eigenvalue weighted by Crippen LogP contribution is 2.55. The fourth-order valence-electron chi connectivity index (χ4n) is 6.46. The van der Waals surface area contributed by atoms with Gasteiger partial charge in [-0.2, -0.15) is 0 Å². The first-order chi connectivity index (χ1) is 13.0. The number of hydrogen-bond acceptors (Lipinski definition) is 3. The Morgan fingerprint density at radius 1 is 0.963 bits per heavy atom. The first-order valence-corrected chi connectivity index (χ1v) is 10.3. The summed E-state index contributed by atoms with van der Waals surface area (Å²) >= 11 is 0. The molecule has 4 bridgehead atoms. The minimum atomic E-state index is -0.239. The van der Waals surface area contributed by atoms with Crippen LogP contribution in [-0.2, 0) is 4.79 Å². The van der Waals surface area contributed by atoms with Gasteiger partial charge in [0, 0.05) is 18.5 Å². The van der Waals surface area contributed by atoms with Gasteiger partial charge in [0.2, 0.25) is 5.91 Å². The lowest BCUT2D eigenvalue weighted by atomic mass is 9.53. The van der Waals surface area contributed by atoms with Crippen LogP contribution in [0.25, 0.3) is 0 Å². The van der Waals surface area contributed by atoms with Gasteiger partial charge in [0.25, 0.3) is 11.8 Å². The topological polar surface area (TPSA) is 66.5 Å². The lowest BCUT2D eigenvalue weighted by molar-refractivity contribution is -0.127. The minimum absolute atomic E-state index is 0.0291. The quantitative estimate of drug-likeness (QED) is 0.814. The zero-order valence-electron chi connectivity index (χ0n) is 15.6. The van der Waals surface area contributed by atoms with Crippen molar-refractivity contribution in [1.82, 2.24) is 10.2 Å². The Labute approximate surface area is 159 Å². The van der Waals surface area contributed by atoms with Crippen molar-refractivity contribution in [3.05, 3.63) is 35.4 Å². The number of carbonyl (C=O) groups is 3. The van der Waals surface area contributed by atoms with Crippen LogP contribution in [0.3, 0.4) is 0 Å². The van der Waals surface area contributed by atoms with E-state index in [9.17, 15) is 14.4 Å². The Bertz CT molecular complexity index is 745. The Balaban J connectivity index is 1.16. The van der Waals surface area contributed by atoms with Crippen LogP contribution in [0.15, 0.2) is 24.3 Å². The fraction of sp³-hybridized carbons (Fsp3) is 0.591. The number of nitrogens with zero attached hydrogens (tertiary/aromatic N) is 1. The maximum atomic E-state index is 12.6. The van der Waals surface area contributed by atoms with Crippen molar-refractivity contribution < 1.29 is 14.4 Å². The van der Waals surface area contributed by atoms with Gasteiger partial charge in [-0.05, 0) is 74.8 Å². The summed E-state index contributed by atoms with van der Waals surface area (Å²) in [5, 5.41) is 3.36. The average Bonchev–Trinajstić information content (AvgIpc) is 2.85. The summed E-state index contributed by atoms with van der Waals surface area (Å²) in [6.07, 6.45) is 8.38. The first kappa shape index (κ1) is 17.0. The van der Waals surface area contributed by atoms with E-state index >= 15 is 0 Å². The van der Waals surface area contributed by atoms with Gasteiger partial charge in [-0.1, -0.05) is 12.1 Å². The number of carbonyl (C=O) groups excluding carboxylic acids is 3. The smallest absolute Gasteiger partial charge is 0.261 e. The van der Waals surface area contributed by atoms with Crippen LogP contribution in [0.1, 0.15) is 72.1 Å². The van der Waals surface area contributed by atoms with Gasteiger partial charge in [-0.25, -0.2) is 0 Å². The molecule has 1 heterocycles. The Morgan fingerprint density at radius 2 is 1.48 bits per heavy atom. The molecule has 0 aromatic heterocycles. The summed E-state index contributed by atoms with van der Waals surface area (Å²) in [7, 11) is 0. The van der Waals surface area contributed by atoms with Crippen molar-refractivity contribution in [2.24, 2.45) is 17.8 Å². The number of rotatable bonds is 5. The van der Waals surface area contributed by atoms with Gasteiger partial charge < -0.3 is 5.32 Å². The molecule has 6 rings (SSSR count). The van der Waals surface area contributed by atoms with Crippen molar-refractivity contribution in [2.75, 3.05) is 6.54 Å². The van der Waals surface area contributed by atoms with Gasteiger partial charge in [-0.15, -0.1) is 0 Å². The number of hydrogen-bond donors (Lipinski definition) is 1. The largest absolute Gasteiger partial charge is 0.351 e. The number of amides is 3. The number of imide groups is 1. The normalized spacial score (nSPS) is 33.5. The molecule has 4 saturated carbocycles. The van der Waals surface area contributed by atoms with E-state index in [1.54, 1.807) is 24.3 Å². The molecule has 27 heavy (non-hydrogen) atoms. The van der Waals surface area contributed by atoms with Crippen molar-refractivity contribution in [1.29, 1.82) is 0 Å². The fourth-order valence-corrected chi connectivity index (χ4v) is 6.46. The van der Waals surface area contributed by atoms with Crippen molar-refractivity contribution >= 4 is 17.7 Å². The lowest BCUT2D eigenvalue weighted by Crippen LogP contribution is -2.59. The molecule has 1 N–H and O–H groups in total. The molecular weight excluding hydrogens is 340 g/mol. The third-order valence-corrected chi connectivity index (χ3v) is 7.11. The molecule has 0 atom stereocenters. The van der Waals surface area contributed by atoms with Gasteiger partial charge in [0.1, 0.15) is 0 Å². The summed E-state index contributed by atoms with van der Waals surface area (Å²) in [5.74, 6) is 2.00. The van der Waals surface area contributed by atoms with Gasteiger partial charge in [0.05, 0.1) is 11.1 Å². The van der Waals surface area contributed by atoms with Crippen LogP contribution in [0, 0.1) is 17.8 Å². The van der Waals surface area contributed by atoms with E-state index < -0.39 is 0 Å². The summed E-state index contributed by atoms with van der Waals surface area (Å²) in [5.41, 5.74) is 0.975. The van der Waals surface area contributed by atoms with Crippen molar-refractivity contribution in [2.45, 2.75) is 56.9 Å². The third-order valence-electron chi connectivity index (χ3n) is 7.11. The second-order valence-electron chi connectivity index (χ2n) is 9.16. The average molecular weight is 366 g/mol. The van der Waals surface area contributed by atoms with Crippen LogP contribution in [0.4, 0.5) is 0 Å². The maximum absolute atomic E-state index is 12.6. The maximum Gasteiger partial charge on any atom is 0.261 e. The number of nitrogens with one attached hydrogen (secondary N) is 1. The molecule has 5 heteroatoms. The molecule has 5 aliphatic rings. The van der Waals surface area contributed by atoms with Crippen LogP contribution in [0.2, 0.25) is 0 Å². The highest BCUT2D eigenvalue weighted by atomic mass is 16.2. The van der Waals surface area contributed by atoms with E-state index in [0.717, 1.165) is 37.0 Å². The molecule has 1 aromatic rings. The SMILES string of the molecule is O=C(CCCN1C(=O)c2ccccc2C1=O)NC12CC3CC(CC(C3)C1)C2. The summed E-state index contributed by atoms with van der Waals surface area (Å²) in [4.78, 5) is 38.6. The molecule has 0 spiro atoms. The van der Waals surface area contributed by atoms with E-state index in [4.69, 9.17) is 0 Å². The molecule has 1 aliphatic heterocycles. The molecular formula is C22H26N2O3. The van der Waals surface area contributed by atoms with Crippen LogP contribution >= 0.6 is 0 Å². The Morgan fingerprint density at radius 3 is 2.00 bits per heavy atom. The molecule has 3 amide bonds. The van der Waals surface area contributed by atoms with Crippen LogP contribution in [-0.4, -0.2) is 34.7 Å². The highest BCUT2D eigenvalue weighted by molar-refractivity contribution is 6.21. The Kier molecular flexibility index (Phi) is 3.88. The van der Waals surface area contributed by atoms with E-state index in [0.29, 0.717) is 30.5 Å². The summed E-state index contributed by atoms with van der Waals surface area (Å²) in [6, 6.07) is 6.92. The lowest BCUT2D eigenvalue weighted by Gasteiger charge is -2.56. The summed E-state index contributed by atoms with van der Waals surface area (Å²) in [6.45, 7) is 0.306. The van der Waals surface area contributed by atoms with Gasteiger partial charge in [-0.3, -0.25) is 19.3 Å². The second kappa shape index (κ2) is 6.18. The molecule has 1 aromatic carbocycles. The predicted molar refractivity (Wildman–Crippen MR) is 100 cm³/mol. The van der Waals surface area contributed by atoms with E-state index in [1.807, 2.05) is 0 Å². The molecule has 4 fully saturated rings. The van der Waals surface area contributed by atoms with E-state index in [-0.39, 0.29) is 23.3 Å². The molecule has 142 valence electrons. The second-order valence-corrected chi connectivity index (χ2v) is 9.16. The van der Waals surface area contributed by atoms with E-state index in [2.05, 4.69) is 5.32 Å². The number of benzene rings is 1. The first-order valence-electron chi connectivity index (χ1n) is 10.3. The minimum Gasteiger partial charge on any atom is -0.351 e. The van der Waals surface area contributed by atoms with Crippen molar-refractivity contribution in [3.8, 4) is 0 Å². The molecule has 4 aliphatic carbocycles. The van der Waals surface area contributed by atoms with E-state index in [1.165, 1.54) is 24.2 Å². The zero-order valence-corrected chi connectivity index (χ0v) is 15.6. The molecule has 0 unspecified atom stereocenters. The van der Waals surface area contributed by atoms with Gasteiger partial charge in [0.15, 0.2) is 0 Å². The predicted octanol–water partition coefficient (Wildman–Crippen LogP) is 3.15. The van der Waals surface area contributed by atoms with Gasteiger partial charge >= 0.3 is 0 Å². The summed E-state index contributed by atoms with van der Waals surface area (Å²) < 4.78 is 0. The monoisotopic (exact) mass is 366 g/mol. The molecule has 0 radical (unpaired) electrons. The highest BCUT2D eigenvalue weighted by Gasteiger charge is 2.51. The molecule has 5 nitrogen and oxygen atoms in total. The van der Waals surface area contributed by atoms with Crippen LogP contribution < -0.4 is 5.32 Å². The number of fused-ring (bicyclic) bond motifs is 1. The zero-order chi connectivity index (χ0) is 18.6. The van der Waals surface area contributed by atoms with Crippen molar-refractivity contribution in [3.63, 3.8) is 0 Å². The Hall–Kier alpha value is -2.17. The standard InChI is InChI=1S/C22H26N2O3/c25-19(23-22-11-14-8-15(12-22)10-16(9-14)13-22)6-3-7-24-20(26)17-4-1-2-5-18(17)21(24)27/h1-2,4-5,14-16H,3,6-13H2,(H,23,25). The van der Waals surface area contributed by atoms with Crippen LogP contribution in [0.5, 0.6) is 0 Å². The third kappa shape index (κ3) is 2.88.